The number of nitrogens with zero attached hydrogens (tertiary/aromatic N) is 2. The molecule has 5 nitrogen and oxygen atoms in total. The van der Waals surface area contributed by atoms with Gasteiger partial charge in [-0.3, -0.25) is 9.59 Å². The van der Waals surface area contributed by atoms with Crippen molar-refractivity contribution in [3.05, 3.63) is 101 Å². The molecule has 0 spiro atoms. The molecule has 2 aliphatic heterocycles. The Kier molecular flexibility index (Phi) is 6.58. The Hall–Kier alpha value is -3.60. The van der Waals surface area contributed by atoms with E-state index >= 15 is 0 Å². The Bertz CT molecular complexity index is 1220. The van der Waals surface area contributed by atoms with Crippen LogP contribution in [0.3, 0.4) is 0 Å². The van der Waals surface area contributed by atoms with Crippen LogP contribution in [-0.2, 0) is 11.2 Å². The van der Waals surface area contributed by atoms with Gasteiger partial charge in [-0.1, -0.05) is 54.1 Å². The summed E-state index contributed by atoms with van der Waals surface area (Å²) < 4.78 is 6.15. The van der Waals surface area contributed by atoms with Gasteiger partial charge in [0, 0.05) is 25.2 Å². The lowest BCUT2D eigenvalue weighted by Gasteiger charge is -2.38. The minimum absolute atomic E-state index is 0.0201. The van der Waals surface area contributed by atoms with Crippen LogP contribution in [-0.4, -0.2) is 47.4 Å². The normalized spacial score (nSPS) is 18.2. The van der Waals surface area contributed by atoms with E-state index in [-0.39, 0.29) is 17.9 Å². The molecule has 0 aliphatic carbocycles. The summed E-state index contributed by atoms with van der Waals surface area (Å²) in [7, 11) is 0. The summed E-state index contributed by atoms with van der Waals surface area (Å²) in [6.07, 6.45) is 2.34. The van der Waals surface area contributed by atoms with Gasteiger partial charge in [0.2, 0.25) is 0 Å². The minimum Gasteiger partial charge on any atom is -0.481 e. The number of likely N-dealkylation sites (tertiary alicyclic amines) is 1. The molecule has 2 aliphatic rings. The second kappa shape index (κ2) is 9.95. The first-order valence-corrected chi connectivity index (χ1v) is 12.5. The number of carbonyl (C=O) groups excluding carboxylic acids is 2. The summed E-state index contributed by atoms with van der Waals surface area (Å²) in [6, 6.07) is 23.7. The molecular weight excluding hydrogens is 436 g/mol. The molecule has 3 aromatic rings. The van der Waals surface area contributed by atoms with Crippen molar-refractivity contribution in [2.24, 2.45) is 0 Å². The quantitative estimate of drug-likeness (QED) is 0.519. The minimum atomic E-state index is -0.547. The van der Waals surface area contributed by atoms with Gasteiger partial charge >= 0.3 is 0 Å². The highest BCUT2D eigenvalue weighted by Crippen LogP contribution is 2.38. The number of benzene rings is 3. The zero-order valence-corrected chi connectivity index (χ0v) is 20.4. The van der Waals surface area contributed by atoms with Crippen molar-refractivity contribution in [2.45, 2.75) is 45.3 Å². The highest BCUT2D eigenvalue weighted by Gasteiger charge is 2.33. The molecule has 2 heterocycles. The van der Waals surface area contributed by atoms with Crippen molar-refractivity contribution in [2.75, 3.05) is 19.6 Å². The van der Waals surface area contributed by atoms with E-state index in [1.807, 2.05) is 65.3 Å². The van der Waals surface area contributed by atoms with Gasteiger partial charge in [-0.2, -0.15) is 0 Å². The molecule has 0 N–H and O–H groups in total. The molecule has 0 aromatic heterocycles. The standard InChI is InChI=1S/C30H32N2O3/c1-21-9-8-12-25(19-21)28-27-20-26(35-22(2)29(33)31-16-6-7-17-31)14-13-23(27)15-18-32(28)30(34)24-10-4-3-5-11-24/h3-5,8-14,19-20,22,28H,6-7,15-18H2,1-2H3/t22-,28+/m0/s1. The molecule has 0 unspecified atom stereocenters. The molecular formula is C30H32N2O3. The molecule has 3 aromatic carbocycles. The molecule has 0 saturated carbocycles. The number of hydrogen-bond acceptors (Lipinski definition) is 3. The highest BCUT2D eigenvalue weighted by atomic mass is 16.5. The van der Waals surface area contributed by atoms with Crippen LogP contribution in [0.4, 0.5) is 0 Å². The molecule has 2 amide bonds. The largest absolute Gasteiger partial charge is 0.481 e. The molecule has 5 heteroatoms. The maximum atomic E-state index is 13.6. The number of aryl methyl sites for hydroxylation is 1. The van der Waals surface area contributed by atoms with E-state index < -0.39 is 6.10 Å². The van der Waals surface area contributed by atoms with E-state index in [0.717, 1.165) is 49.0 Å². The second-order valence-electron chi connectivity index (χ2n) is 9.58. The fraction of sp³-hybridized carbons (Fsp3) is 0.333. The van der Waals surface area contributed by atoms with Gasteiger partial charge in [0.15, 0.2) is 6.10 Å². The van der Waals surface area contributed by atoms with Crippen molar-refractivity contribution in [3.8, 4) is 5.75 Å². The van der Waals surface area contributed by atoms with Crippen LogP contribution in [0, 0.1) is 6.92 Å². The second-order valence-corrected chi connectivity index (χ2v) is 9.58. The summed E-state index contributed by atoms with van der Waals surface area (Å²) in [5.41, 5.74) is 5.18. The van der Waals surface area contributed by atoms with Gasteiger partial charge < -0.3 is 14.5 Å². The van der Waals surface area contributed by atoms with Crippen LogP contribution in [0.25, 0.3) is 0 Å². The SMILES string of the molecule is Cc1cccc([C@@H]2c3cc(O[C@@H](C)C(=O)N4CCCC4)ccc3CCN2C(=O)c2ccccc2)c1. The molecule has 2 atom stereocenters. The summed E-state index contributed by atoms with van der Waals surface area (Å²) in [5, 5.41) is 0. The van der Waals surface area contributed by atoms with Gasteiger partial charge in [-0.05, 0) is 74.1 Å². The van der Waals surface area contributed by atoms with Gasteiger partial charge in [-0.15, -0.1) is 0 Å². The fourth-order valence-electron chi connectivity index (χ4n) is 5.28. The third-order valence-corrected chi connectivity index (χ3v) is 7.06. The third kappa shape index (κ3) is 4.81. The zero-order valence-electron chi connectivity index (χ0n) is 20.4. The number of rotatable bonds is 5. The topological polar surface area (TPSA) is 49.9 Å². The van der Waals surface area contributed by atoms with Gasteiger partial charge in [0.1, 0.15) is 5.75 Å². The van der Waals surface area contributed by atoms with Gasteiger partial charge in [0.05, 0.1) is 6.04 Å². The fourth-order valence-corrected chi connectivity index (χ4v) is 5.28. The third-order valence-electron chi connectivity index (χ3n) is 7.06. The number of amides is 2. The van der Waals surface area contributed by atoms with Crippen molar-refractivity contribution < 1.29 is 14.3 Å². The van der Waals surface area contributed by atoms with Crippen LogP contribution >= 0.6 is 0 Å². The summed E-state index contributed by atoms with van der Waals surface area (Å²) in [4.78, 5) is 30.3. The zero-order chi connectivity index (χ0) is 24.4. The monoisotopic (exact) mass is 468 g/mol. The lowest BCUT2D eigenvalue weighted by Crippen LogP contribution is -2.41. The predicted octanol–water partition coefficient (Wildman–Crippen LogP) is 5.17. The Balaban J connectivity index is 1.49. The Morgan fingerprint density at radius 3 is 2.43 bits per heavy atom. The first-order valence-electron chi connectivity index (χ1n) is 12.5. The smallest absolute Gasteiger partial charge is 0.263 e. The van der Waals surface area contributed by atoms with Crippen LogP contribution < -0.4 is 4.74 Å². The Labute approximate surface area is 207 Å². The van der Waals surface area contributed by atoms with E-state index in [2.05, 4.69) is 31.2 Å². The number of hydrogen-bond donors (Lipinski definition) is 0. The summed E-state index contributed by atoms with van der Waals surface area (Å²) >= 11 is 0. The molecule has 0 bridgehead atoms. The average molecular weight is 469 g/mol. The van der Waals surface area contributed by atoms with Crippen LogP contribution in [0.15, 0.2) is 72.8 Å². The van der Waals surface area contributed by atoms with Gasteiger partial charge in [0.25, 0.3) is 11.8 Å². The summed E-state index contributed by atoms with van der Waals surface area (Å²) in [6.45, 7) is 6.15. The predicted molar refractivity (Wildman–Crippen MR) is 137 cm³/mol. The van der Waals surface area contributed by atoms with E-state index in [1.165, 1.54) is 5.56 Å². The highest BCUT2D eigenvalue weighted by molar-refractivity contribution is 5.95. The van der Waals surface area contributed by atoms with E-state index in [4.69, 9.17) is 4.74 Å². The molecule has 1 saturated heterocycles. The lowest BCUT2D eigenvalue weighted by atomic mass is 9.87. The molecule has 5 rings (SSSR count). The van der Waals surface area contributed by atoms with Crippen LogP contribution in [0.1, 0.15) is 58.4 Å². The lowest BCUT2D eigenvalue weighted by molar-refractivity contribution is -0.136. The van der Waals surface area contributed by atoms with E-state index in [1.54, 1.807) is 0 Å². The summed E-state index contributed by atoms with van der Waals surface area (Å²) in [5.74, 6) is 0.721. The van der Waals surface area contributed by atoms with Crippen molar-refractivity contribution in [1.82, 2.24) is 9.80 Å². The maximum Gasteiger partial charge on any atom is 0.263 e. The molecule has 0 radical (unpaired) electrons. The first-order chi connectivity index (χ1) is 17.0. The van der Waals surface area contributed by atoms with E-state index in [9.17, 15) is 9.59 Å². The van der Waals surface area contributed by atoms with Crippen molar-refractivity contribution in [1.29, 1.82) is 0 Å². The molecule has 180 valence electrons. The molecule has 35 heavy (non-hydrogen) atoms. The average Bonchev–Trinajstić information content (AvgIpc) is 3.42. The number of carbonyl (C=O) groups is 2. The van der Waals surface area contributed by atoms with Crippen molar-refractivity contribution in [3.63, 3.8) is 0 Å². The number of ether oxygens (including phenoxy) is 1. The number of fused-ring (bicyclic) bond motifs is 1. The first kappa shape index (κ1) is 23.2. The van der Waals surface area contributed by atoms with Gasteiger partial charge in [-0.25, -0.2) is 0 Å². The van der Waals surface area contributed by atoms with Crippen LogP contribution in [0.5, 0.6) is 5.75 Å². The van der Waals surface area contributed by atoms with Crippen LogP contribution in [0.2, 0.25) is 0 Å². The maximum absolute atomic E-state index is 13.6. The molecule has 1 fully saturated rings. The Morgan fingerprint density at radius 2 is 1.69 bits per heavy atom. The van der Waals surface area contributed by atoms with Crippen molar-refractivity contribution >= 4 is 11.8 Å². The Morgan fingerprint density at radius 1 is 0.914 bits per heavy atom. The van der Waals surface area contributed by atoms with E-state index in [0.29, 0.717) is 17.9 Å².